The Morgan fingerprint density at radius 1 is 0.920 bits per heavy atom. The zero-order chi connectivity index (χ0) is 17.8. The minimum Gasteiger partial charge on any atom is -0.496 e. The van der Waals surface area contributed by atoms with Gasteiger partial charge in [-0.25, -0.2) is 9.79 Å². The van der Waals surface area contributed by atoms with Crippen LogP contribution in [0.25, 0.3) is 6.08 Å². The molecular weight excluding hydrogens is 322 g/mol. The van der Waals surface area contributed by atoms with E-state index in [-0.39, 0.29) is 11.6 Å². The van der Waals surface area contributed by atoms with Crippen LogP contribution < -0.4 is 14.2 Å². The van der Waals surface area contributed by atoms with Crippen LogP contribution in [-0.4, -0.2) is 33.2 Å². The molecule has 0 atom stereocenters. The van der Waals surface area contributed by atoms with E-state index in [9.17, 15) is 4.79 Å². The van der Waals surface area contributed by atoms with Crippen LogP contribution in [0.2, 0.25) is 0 Å². The van der Waals surface area contributed by atoms with Crippen LogP contribution in [0.5, 0.6) is 17.2 Å². The molecule has 0 aromatic heterocycles. The number of carbonyl (C=O) groups excluding carboxylic acids is 1. The van der Waals surface area contributed by atoms with Gasteiger partial charge in [0.05, 0.1) is 26.9 Å². The maximum Gasteiger partial charge on any atom is 0.363 e. The molecule has 6 nitrogen and oxygen atoms in total. The first-order valence-electron chi connectivity index (χ1n) is 7.54. The molecule has 0 unspecified atom stereocenters. The summed E-state index contributed by atoms with van der Waals surface area (Å²) in [6.07, 6.45) is 1.63. The highest BCUT2D eigenvalue weighted by molar-refractivity contribution is 6.13. The summed E-state index contributed by atoms with van der Waals surface area (Å²) in [6.45, 7) is 0. The fraction of sp³-hybridized carbons (Fsp3) is 0.158. The van der Waals surface area contributed by atoms with Crippen molar-refractivity contribution < 1.29 is 23.7 Å². The molecule has 1 aliphatic rings. The van der Waals surface area contributed by atoms with Crippen LogP contribution in [0, 0.1) is 0 Å². The third kappa shape index (κ3) is 3.33. The average molecular weight is 339 g/mol. The third-order valence-electron chi connectivity index (χ3n) is 3.67. The zero-order valence-corrected chi connectivity index (χ0v) is 14.1. The van der Waals surface area contributed by atoms with Gasteiger partial charge in [-0.1, -0.05) is 18.2 Å². The Bertz CT molecular complexity index is 870. The lowest BCUT2D eigenvalue weighted by atomic mass is 10.1. The van der Waals surface area contributed by atoms with Crippen LogP contribution >= 0.6 is 0 Å². The Labute approximate surface area is 145 Å². The Morgan fingerprint density at radius 3 is 2.36 bits per heavy atom. The van der Waals surface area contributed by atoms with Gasteiger partial charge in [0.15, 0.2) is 17.2 Å². The second kappa shape index (κ2) is 7.09. The summed E-state index contributed by atoms with van der Waals surface area (Å²) in [5.41, 5.74) is 1.57. The maximum atomic E-state index is 12.1. The summed E-state index contributed by atoms with van der Waals surface area (Å²) in [4.78, 5) is 16.4. The van der Waals surface area contributed by atoms with E-state index in [1.165, 1.54) is 0 Å². The first kappa shape index (κ1) is 16.6. The van der Waals surface area contributed by atoms with Crippen molar-refractivity contribution in [3.63, 3.8) is 0 Å². The molecule has 0 saturated heterocycles. The fourth-order valence-electron chi connectivity index (χ4n) is 2.45. The van der Waals surface area contributed by atoms with E-state index in [0.29, 0.717) is 22.8 Å². The number of cyclic esters (lactones) is 1. The van der Waals surface area contributed by atoms with Crippen LogP contribution in [-0.2, 0) is 9.53 Å². The number of aliphatic imine (C=N–C) groups is 1. The van der Waals surface area contributed by atoms with Gasteiger partial charge in [-0.2, -0.15) is 0 Å². The summed E-state index contributed by atoms with van der Waals surface area (Å²) in [5.74, 6) is 1.46. The molecule has 6 heteroatoms. The first-order valence-corrected chi connectivity index (χ1v) is 7.54. The Balaban J connectivity index is 1.96. The van der Waals surface area contributed by atoms with E-state index in [4.69, 9.17) is 18.9 Å². The Morgan fingerprint density at radius 2 is 1.64 bits per heavy atom. The maximum absolute atomic E-state index is 12.1. The number of methoxy groups -OCH3 is 3. The van der Waals surface area contributed by atoms with Crippen molar-refractivity contribution in [3.05, 3.63) is 59.3 Å². The second-order valence-electron chi connectivity index (χ2n) is 5.15. The molecule has 2 aromatic carbocycles. The van der Waals surface area contributed by atoms with Crippen LogP contribution in [0.4, 0.5) is 0 Å². The SMILES string of the molecule is COc1ccc(C=C2N=C(c3ccccc3OC)OC2=O)cc1OC. The molecule has 0 fully saturated rings. The molecule has 0 radical (unpaired) electrons. The molecule has 0 amide bonds. The minimum atomic E-state index is -0.518. The van der Waals surface area contributed by atoms with E-state index in [0.717, 1.165) is 5.56 Å². The molecule has 2 aromatic rings. The van der Waals surface area contributed by atoms with Gasteiger partial charge in [0, 0.05) is 0 Å². The van der Waals surface area contributed by atoms with Gasteiger partial charge in [-0.05, 0) is 35.9 Å². The highest BCUT2D eigenvalue weighted by Gasteiger charge is 2.26. The Hall–Kier alpha value is -3.28. The standard InChI is InChI=1S/C19H17NO5/c1-22-15-7-5-4-6-13(15)18-20-14(19(21)25-18)10-12-8-9-16(23-2)17(11-12)24-3/h4-11H,1-3H3. The van der Waals surface area contributed by atoms with E-state index in [1.54, 1.807) is 57.7 Å². The minimum absolute atomic E-state index is 0.202. The summed E-state index contributed by atoms with van der Waals surface area (Å²) >= 11 is 0. The number of rotatable bonds is 5. The molecule has 1 aliphatic heterocycles. The number of carbonyl (C=O) groups is 1. The number of ether oxygens (including phenoxy) is 4. The highest BCUT2D eigenvalue weighted by Crippen LogP contribution is 2.30. The molecule has 0 saturated carbocycles. The van der Waals surface area contributed by atoms with Crippen LogP contribution in [0.3, 0.4) is 0 Å². The summed E-state index contributed by atoms with van der Waals surface area (Å²) in [6, 6.07) is 12.5. The molecule has 0 spiro atoms. The van der Waals surface area contributed by atoms with E-state index in [1.807, 2.05) is 12.1 Å². The lowest BCUT2D eigenvalue weighted by molar-refractivity contribution is -0.129. The summed E-state index contributed by atoms with van der Waals surface area (Å²) in [5, 5.41) is 0. The van der Waals surface area contributed by atoms with Crippen molar-refractivity contribution in [2.75, 3.05) is 21.3 Å². The molecule has 25 heavy (non-hydrogen) atoms. The molecular formula is C19H17NO5. The van der Waals surface area contributed by atoms with Gasteiger partial charge < -0.3 is 18.9 Å². The monoisotopic (exact) mass is 339 g/mol. The van der Waals surface area contributed by atoms with Crippen molar-refractivity contribution in [3.8, 4) is 17.2 Å². The smallest absolute Gasteiger partial charge is 0.363 e. The molecule has 3 rings (SSSR count). The molecule has 1 heterocycles. The van der Waals surface area contributed by atoms with Crippen molar-refractivity contribution in [2.45, 2.75) is 0 Å². The van der Waals surface area contributed by atoms with Crippen LogP contribution in [0.15, 0.2) is 53.2 Å². The number of para-hydroxylation sites is 1. The van der Waals surface area contributed by atoms with Gasteiger partial charge in [0.1, 0.15) is 5.75 Å². The van der Waals surface area contributed by atoms with Crippen molar-refractivity contribution >= 4 is 17.9 Å². The number of esters is 1. The quantitative estimate of drug-likeness (QED) is 0.619. The number of benzene rings is 2. The molecule has 128 valence electrons. The summed E-state index contributed by atoms with van der Waals surface area (Å²) in [7, 11) is 4.67. The molecule has 0 aliphatic carbocycles. The first-order chi connectivity index (χ1) is 12.2. The van der Waals surface area contributed by atoms with Crippen LogP contribution in [0.1, 0.15) is 11.1 Å². The number of hydrogen-bond acceptors (Lipinski definition) is 6. The van der Waals surface area contributed by atoms with Gasteiger partial charge in [0.25, 0.3) is 0 Å². The third-order valence-corrected chi connectivity index (χ3v) is 3.67. The predicted octanol–water partition coefficient (Wildman–Crippen LogP) is 3.06. The summed E-state index contributed by atoms with van der Waals surface area (Å²) < 4.78 is 21.0. The van der Waals surface area contributed by atoms with Crippen molar-refractivity contribution in [1.82, 2.24) is 0 Å². The fourth-order valence-corrected chi connectivity index (χ4v) is 2.45. The molecule has 0 N–H and O–H groups in total. The lowest BCUT2D eigenvalue weighted by Crippen LogP contribution is -2.06. The lowest BCUT2D eigenvalue weighted by Gasteiger charge is -2.07. The number of nitrogens with zero attached hydrogens (tertiary/aromatic N) is 1. The van der Waals surface area contributed by atoms with Gasteiger partial charge in [-0.15, -0.1) is 0 Å². The van der Waals surface area contributed by atoms with E-state index >= 15 is 0 Å². The Kier molecular flexibility index (Phi) is 4.70. The van der Waals surface area contributed by atoms with Crippen molar-refractivity contribution in [2.24, 2.45) is 4.99 Å². The predicted molar refractivity (Wildman–Crippen MR) is 93.1 cm³/mol. The van der Waals surface area contributed by atoms with E-state index < -0.39 is 5.97 Å². The van der Waals surface area contributed by atoms with Crippen molar-refractivity contribution in [1.29, 1.82) is 0 Å². The van der Waals surface area contributed by atoms with Gasteiger partial charge in [-0.3, -0.25) is 0 Å². The van der Waals surface area contributed by atoms with Gasteiger partial charge in [0.2, 0.25) is 5.90 Å². The average Bonchev–Trinajstić information content (AvgIpc) is 3.01. The van der Waals surface area contributed by atoms with E-state index in [2.05, 4.69) is 4.99 Å². The largest absolute Gasteiger partial charge is 0.496 e. The zero-order valence-electron chi connectivity index (χ0n) is 14.1. The van der Waals surface area contributed by atoms with Gasteiger partial charge >= 0.3 is 5.97 Å². The topological polar surface area (TPSA) is 66.3 Å². The normalized spacial score (nSPS) is 14.9. The number of hydrogen-bond donors (Lipinski definition) is 0. The second-order valence-corrected chi connectivity index (χ2v) is 5.15. The highest BCUT2D eigenvalue weighted by atomic mass is 16.6. The molecule has 0 bridgehead atoms.